The number of methoxy groups -OCH3 is 1. The van der Waals surface area contributed by atoms with Crippen LogP contribution in [-0.4, -0.2) is 27.2 Å². The van der Waals surface area contributed by atoms with E-state index >= 15 is 0 Å². The molecule has 0 spiro atoms. The second kappa shape index (κ2) is 6.75. The average Bonchev–Trinajstić information content (AvgIpc) is 2.53. The fraction of sp³-hybridized carbons (Fsp3) is 0.167. The van der Waals surface area contributed by atoms with Gasteiger partial charge in [0, 0.05) is 19.8 Å². The molecule has 2 aromatic carbocycles. The molecule has 0 aromatic heterocycles. The maximum absolute atomic E-state index is 11.3. The molecule has 0 saturated heterocycles. The molecule has 3 heteroatoms. The van der Waals surface area contributed by atoms with Crippen LogP contribution in [0.3, 0.4) is 0 Å². The predicted octanol–water partition coefficient (Wildman–Crippen LogP) is 3.71. The molecule has 0 amide bonds. The highest BCUT2D eigenvalue weighted by Gasteiger charge is 2.03. The molecule has 2 rings (SSSR count). The van der Waals surface area contributed by atoms with Crippen molar-refractivity contribution < 1.29 is 9.53 Å². The Hall–Kier alpha value is -2.55. The maximum atomic E-state index is 11.3. The summed E-state index contributed by atoms with van der Waals surface area (Å²) in [6.45, 7) is 0. The average molecular weight is 281 g/mol. The lowest BCUT2D eigenvalue weighted by Gasteiger charge is -2.11. The topological polar surface area (TPSA) is 29.5 Å². The summed E-state index contributed by atoms with van der Waals surface area (Å²) >= 11 is 0. The molecule has 0 aliphatic rings. The Morgan fingerprint density at radius 3 is 1.81 bits per heavy atom. The Morgan fingerprint density at radius 1 is 0.905 bits per heavy atom. The summed E-state index contributed by atoms with van der Waals surface area (Å²) in [6.07, 6.45) is 4.07. The third-order valence-electron chi connectivity index (χ3n) is 3.21. The van der Waals surface area contributed by atoms with E-state index in [1.807, 2.05) is 38.4 Å². The van der Waals surface area contributed by atoms with E-state index in [2.05, 4.69) is 33.9 Å². The summed E-state index contributed by atoms with van der Waals surface area (Å²) in [4.78, 5) is 13.4. The lowest BCUT2D eigenvalue weighted by atomic mass is 10.1. The summed E-state index contributed by atoms with van der Waals surface area (Å²) in [6, 6.07) is 15.7. The van der Waals surface area contributed by atoms with Crippen LogP contribution in [0.1, 0.15) is 21.5 Å². The second-order valence-electron chi connectivity index (χ2n) is 4.93. The number of rotatable bonds is 4. The van der Waals surface area contributed by atoms with Gasteiger partial charge in [-0.2, -0.15) is 0 Å². The van der Waals surface area contributed by atoms with Gasteiger partial charge in [-0.05, 0) is 35.4 Å². The van der Waals surface area contributed by atoms with Crippen molar-refractivity contribution >= 4 is 23.8 Å². The zero-order chi connectivity index (χ0) is 15.2. The molecule has 0 unspecified atom stereocenters. The molecule has 108 valence electrons. The zero-order valence-electron chi connectivity index (χ0n) is 12.5. The number of benzene rings is 2. The molecule has 2 aromatic rings. The van der Waals surface area contributed by atoms with Crippen molar-refractivity contribution in [2.45, 2.75) is 0 Å². The first kappa shape index (κ1) is 14.9. The van der Waals surface area contributed by atoms with Crippen molar-refractivity contribution in [1.82, 2.24) is 0 Å². The third kappa shape index (κ3) is 3.96. The SMILES string of the molecule is COC(=O)c1ccc(C=Cc2ccc(N(C)C)cc2)cc1. The first-order chi connectivity index (χ1) is 10.1. The minimum absolute atomic E-state index is 0.315. The molecule has 0 bridgehead atoms. The Balaban J connectivity index is 2.08. The van der Waals surface area contributed by atoms with Crippen LogP contribution in [0.25, 0.3) is 12.2 Å². The van der Waals surface area contributed by atoms with Gasteiger partial charge >= 0.3 is 5.97 Å². The van der Waals surface area contributed by atoms with Crippen LogP contribution in [0.4, 0.5) is 5.69 Å². The van der Waals surface area contributed by atoms with Gasteiger partial charge in [0.1, 0.15) is 0 Å². The Bertz CT molecular complexity index is 625. The summed E-state index contributed by atoms with van der Waals surface area (Å²) in [5.74, 6) is -0.315. The van der Waals surface area contributed by atoms with Crippen LogP contribution in [0, 0.1) is 0 Å². The van der Waals surface area contributed by atoms with Crippen LogP contribution >= 0.6 is 0 Å². The number of hydrogen-bond acceptors (Lipinski definition) is 3. The summed E-state index contributed by atoms with van der Waals surface area (Å²) < 4.78 is 4.67. The van der Waals surface area contributed by atoms with Crippen molar-refractivity contribution in [3.8, 4) is 0 Å². The van der Waals surface area contributed by atoms with Gasteiger partial charge in [-0.3, -0.25) is 0 Å². The molecular formula is C18H19NO2. The van der Waals surface area contributed by atoms with E-state index in [0.717, 1.165) is 11.1 Å². The van der Waals surface area contributed by atoms with E-state index in [4.69, 9.17) is 0 Å². The van der Waals surface area contributed by atoms with Crippen molar-refractivity contribution in [1.29, 1.82) is 0 Å². The number of carbonyl (C=O) groups is 1. The van der Waals surface area contributed by atoms with E-state index in [1.54, 1.807) is 12.1 Å². The molecule has 0 N–H and O–H groups in total. The molecule has 3 nitrogen and oxygen atoms in total. The molecule has 21 heavy (non-hydrogen) atoms. The third-order valence-corrected chi connectivity index (χ3v) is 3.21. The van der Waals surface area contributed by atoms with Crippen molar-refractivity contribution in [2.24, 2.45) is 0 Å². The Labute approximate surface area is 125 Å². The molecule has 0 aliphatic carbocycles. The van der Waals surface area contributed by atoms with E-state index in [1.165, 1.54) is 12.8 Å². The highest BCUT2D eigenvalue weighted by atomic mass is 16.5. The lowest BCUT2D eigenvalue weighted by Crippen LogP contribution is -2.07. The summed E-state index contributed by atoms with van der Waals surface area (Å²) in [5, 5.41) is 0. The van der Waals surface area contributed by atoms with Gasteiger partial charge in [0.25, 0.3) is 0 Å². The number of esters is 1. The first-order valence-electron chi connectivity index (χ1n) is 6.74. The second-order valence-corrected chi connectivity index (χ2v) is 4.93. The van der Waals surface area contributed by atoms with Crippen molar-refractivity contribution in [2.75, 3.05) is 26.1 Å². The minimum Gasteiger partial charge on any atom is -0.465 e. The highest BCUT2D eigenvalue weighted by molar-refractivity contribution is 5.89. The molecular weight excluding hydrogens is 262 g/mol. The summed E-state index contributed by atoms with van der Waals surface area (Å²) in [5.41, 5.74) is 3.91. The predicted molar refractivity (Wildman–Crippen MR) is 87.5 cm³/mol. The van der Waals surface area contributed by atoms with Crippen LogP contribution in [-0.2, 0) is 4.74 Å². The molecule has 0 radical (unpaired) electrons. The maximum Gasteiger partial charge on any atom is 0.337 e. The Kier molecular flexibility index (Phi) is 4.77. The van der Waals surface area contributed by atoms with E-state index in [9.17, 15) is 4.79 Å². The normalized spacial score (nSPS) is 10.6. The minimum atomic E-state index is -0.315. The quantitative estimate of drug-likeness (QED) is 0.632. The van der Waals surface area contributed by atoms with Crippen LogP contribution in [0.2, 0.25) is 0 Å². The van der Waals surface area contributed by atoms with E-state index < -0.39 is 0 Å². The first-order valence-corrected chi connectivity index (χ1v) is 6.74. The van der Waals surface area contributed by atoms with E-state index in [-0.39, 0.29) is 5.97 Å². The van der Waals surface area contributed by atoms with Gasteiger partial charge in [-0.25, -0.2) is 4.79 Å². The van der Waals surface area contributed by atoms with Crippen molar-refractivity contribution in [3.05, 3.63) is 65.2 Å². The fourth-order valence-corrected chi connectivity index (χ4v) is 1.92. The number of anilines is 1. The van der Waals surface area contributed by atoms with Gasteiger partial charge in [-0.15, -0.1) is 0 Å². The smallest absolute Gasteiger partial charge is 0.337 e. The molecule has 0 fully saturated rings. The summed E-state index contributed by atoms with van der Waals surface area (Å²) in [7, 11) is 5.43. The van der Waals surface area contributed by atoms with Crippen molar-refractivity contribution in [3.63, 3.8) is 0 Å². The van der Waals surface area contributed by atoms with Crippen LogP contribution in [0.15, 0.2) is 48.5 Å². The van der Waals surface area contributed by atoms with Gasteiger partial charge < -0.3 is 9.64 Å². The number of hydrogen-bond donors (Lipinski definition) is 0. The largest absolute Gasteiger partial charge is 0.465 e. The standard InChI is InChI=1S/C18H19NO2/c1-19(2)17-12-8-15(9-13-17)5-4-14-6-10-16(11-7-14)18(20)21-3/h4-13H,1-3H3. The fourth-order valence-electron chi connectivity index (χ4n) is 1.92. The van der Waals surface area contributed by atoms with Gasteiger partial charge in [0.15, 0.2) is 0 Å². The number of carbonyl (C=O) groups excluding carboxylic acids is 1. The molecule has 0 saturated carbocycles. The number of ether oxygens (including phenoxy) is 1. The van der Waals surface area contributed by atoms with Gasteiger partial charge in [0.2, 0.25) is 0 Å². The monoisotopic (exact) mass is 281 g/mol. The van der Waals surface area contributed by atoms with Gasteiger partial charge in [0.05, 0.1) is 12.7 Å². The Morgan fingerprint density at radius 2 is 1.38 bits per heavy atom. The van der Waals surface area contributed by atoms with Crippen LogP contribution < -0.4 is 4.90 Å². The number of nitrogens with zero attached hydrogens (tertiary/aromatic N) is 1. The van der Waals surface area contributed by atoms with Gasteiger partial charge in [-0.1, -0.05) is 36.4 Å². The molecule has 0 atom stereocenters. The highest BCUT2D eigenvalue weighted by Crippen LogP contribution is 2.15. The van der Waals surface area contributed by atoms with Crippen LogP contribution in [0.5, 0.6) is 0 Å². The molecule has 0 heterocycles. The zero-order valence-corrected chi connectivity index (χ0v) is 12.5. The lowest BCUT2D eigenvalue weighted by molar-refractivity contribution is 0.0601. The molecule has 0 aliphatic heterocycles. The van der Waals surface area contributed by atoms with E-state index in [0.29, 0.717) is 5.56 Å².